The Morgan fingerprint density at radius 3 is 2.50 bits per heavy atom. The summed E-state index contributed by atoms with van der Waals surface area (Å²) >= 11 is 5.25. The minimum absolute atomic E-state index is 0.0528. The molecule has 0 radical (unpaired) electrons. The first kappa shape index (κ1) is 12.7. The summed E-state index contributed by atoms with van der Waals surface area (Å²) in [6, 6.07) is 5.87. The standard InChI is InChI=1S/C13H15NOS/c1-8(2)15-13(16)12-9(3)5-6-11(7-14)10(12)4/h5-6,8H,1-4H3. The van der Waals surface area contributed by atoms with Crippen LogP contribution in [-0.2, 0) is 4.74 Å². The van der Waals surface area contributed by atoms with Gasteiger partial charge in [-0.3, -0.25) is 0 Å². The fourth-order valence-electron chi connectivity index (χ4n) is 1.56. The van der Waals surface area contributed by atoms with Crippen LogP contribution in [0.25, 0.3) is 0 Å². The van der Waals surface area contributed by atoms with Crippen molar-refractivity contribution in [1.29, 1.82) is 5.26 Å². The number of benzene rings is 1. The Kier molecular flexibility index (Phi) is 4.03. The summed E-state index contributed by atoms with van der Waals surface area (Å²) in [6.07, 6.45) is 0.0528. The van der Waals surface area contributed by atoms with E-state index in [0.29, 0.717) is 10.6 Å². The minimum Gasteiger partial charge on any atom is -0.480 e. The van der Waals surface area contributed by atoms with E-state index in [1.165, 1.54) is 0 Å². The van der Waals surface area contributed by atoms with Crippen LogP contribution in [-0.4, -0.2) is 11.2 Å². The molecule has 0 aliphatic heterocycles. The van der Waals surface area contributed by atoms with Crippen molar-refractivity contribution in [3.8, 4) is 6.07 Å². The predicted octanol–water partition coefficient (Wildman–Crippen LogP) is 3.28. The van der Waals surface area contributed by atoms with E-state index in [0.717, 1.165) is 16.7 Å². The van der Waals surface area contributed by atoms with Gasteiger partial charge in [-0.15, -0.1) is 0 Å². The van der Waals surface area contributed by atoms with Gasteiger partial charge in [0, 0.05) is 5.56 Å². The zero-order chi connectivity index (χ0) is 12.3. The van der Waals surface area contributed by atoms with Crippen molar-refractivity contribution >= 4 is 17.3 Å². The lowest BCUT2D eigenvalue weighted by Gasteiger charge is -2.15. The molecule has 16 heavy (non-hydrogen) atoms. The van der Waals surface area contributed by atoms with Crippen LogP contribution >= 0.6 is 12.2 Å². The van der Waals surface area contributed by atoms with Gasteiger partial charge in [0.1, 0.15) is 0 Å². The van der Waals surface area contributed by atoms with Crippen molar-refractivity contribution in [2.24, 2.45) is 0 Å². The molecule has 1 aromatic rings. The van der Waals surface area contributed by atoms with Crippen LogP contribution in [0.4, 0.5) is 0 Å². The van der Waals surface area contributed by atoms with E-state index in [2.05, 4.69) is 6.07 Å². The molecule has 3 heteroatoms. The summed E-state index contributed by atoms with van der Waals surface area (Å²) in [5.74, 6) is 0. The molecule has 2 nitrogen and oxygen atoms in total. The molecule has 84 valence electrons. The lowest BCUT2D eigenvalue weighted by Crippen LogP contribution is -2.13. The molecule has 0 N–H and O–H groups in total. The molecule has 0 atom stereocenters. The van der Waals surface area contributed by atoms with E-state index in [1.807, 2.05) is 39.8 Å². The molecule has 0 amide bonds. The van der Waals surface area contributed by atoms with Gasteiger partial charge < -0.3 is 4.74 Å². The quantitative estimate of drug-likeness (QED) is 0.735. The van der Waals surface area contributed by atoms with Crippen LogP contribution in [0.3, 0.4) is 0 Å². The molecule has 1 aromatic carbocycles. The Hall–Kier alpha value is -1.40. The molecule has 0 aliphatic carbocycles. The number of rotatable bonds is 2. The number of nitriles is 1. The third-order valence-corrected chi connectivity index (χ3v) is 2.64. The summed E-state index contributed by atoms with van der Waals surface area (Å²) in [6.45, 7) is 7.74. The van der Waals surface area contributed by atoms with Crippen LogP contribution < -0.4 is 0 Å². The predicted molar refractivity (Wildman–Crippen MR) is 68.6 cm³/mol. The number of ether oxygens (including phenoxy) is 1. The second-order valence-corrected chi connectivity index (χ2v) is 4.37. The monoisotopic (exact) mass is 233 g/mol. The number of aryl methyl sites for hydroxylation is 1. The summed E-state index contributed by atoms with van der Waals surface area (Å²) in [7, 11) is 0. The third kappa shape index (κ3) is 2.59. The average molecular weight is 233 g/mol. The maximum Gasteiger partial charge on any atom is 0.191 e. The van der Waals surface area contributed by atoms with Crippen LogP contribution in [0.2, 0.25) is 0 Å². The van der Waals surface area contributed by atoms with Gasteiger partial charge in [0.05, 0.1) is 17.7 Å². The fraction of sp³-hybridized carbons (Fsp3) is 0.385. The molecular formula is C13H15NOS. The van der Waals surface area contributed by atoms with Crippen molar-refractivity contribution in [2.75, 3.05) is 0 Å². The maximum atomic E-state index is 8.96. The number of hydrogen-bond donors (Lipinski definition) is 0. The van der Waals surface area contributed by atoms with Gasteiger partial charge in [-0.1, -0.05) is 6.07 Å². The molecule has 0 aliphatic rings. The Morgan fingerprint density at radius 2 is 2.00 bits per heavy atom. The van der Waals surface area contributed by atoms with Crippen LogP contribution in [0.15, 0.2) is 12.1 Å². The number of hydrogen-bond acceptors (Lipinski definition) is 3. The van der Waals surface area contributed by atoms with Gasteiger partial charge in [0.25, 0.3) is 0 Å². The Morgan fingerprint density at radius 1 is 1.38 bits per heavy atom. The maximum absolute atomic E-state index is 8.96. The molecule has 0 spiro atoms. The molecule has 0 heterocycles. The van der Waals surface area contributed by atoms with Gasteiger partial charge in [0.15, 0.2) is 5.05 Å². The van der Waals surface area contributed by atoms with E-state index in [1.54, 1.807) is 0 Å². The highest BCUT2D eigenvalue weighted by molar-refractivity contribution is 7.80. The Labute approximate surface area is 102 Å². The summed E-state index contributed by atoms with van der Waals surface area (Å²) in [5, 5.41) is 9.44. The average Bonchev–Trinajstić information content (AvgIpc) is 2.16. The third-order valence-electron chi connectivity index (χ3n) is 2.34. The highest BCUT2D eigenvalue weighted by Crippen LogP contribution is 2.20. The molecule has 0 bridgehead atoms. The lowest BCUT2D eigenvalue weighted by atomic mass is 9.99. The summed E-state index contributed by atoms with van der Waals surface area (Å²) in [4.78, 5) is 0. The van der Waals surface area contributed by atoms with Gasteiger partial charge in [-0.2, -0.15) is 5.26 Å². The van der Waals surface area contributed by atoms with Crippen LogP contribution in [0.1, 0.15) is 36.1 Å². The first-order valence-corrected chi connectivity index (χ1v) is 5.59. The van der Waals surface area contributed by atoms with Gasteiger partial charge >= 0.3 is 0 Å². The van der Waals surface area contributed by atoms with Gasteiger partial charge in [0.2, 0.25) is 0 Å². The Bertz CT molecular complexity index is 458. The largest absolute Gasteiger partial charge is 0.480 e. The number of thiocarbonyl (C=S) groups is 1. The van der Waals surface area contributed by atoms with Crippen molar-refractivity contribution < 1.29 is 4.74 Å². The van der Waals surface area contributed by atoms with Gasteiger partial charge in [-0.25, -0.2) is 0 Å². The van der Waals surface area contributed by atoms with Crippen molar-refractivity contribution in [2.45, 2.75) is 33.8 Å². The van der Waals surface area contributed by atoms with E-state index in [4.69, 9.17) is 22.2 Å². The highest BCUT2D eigenvalue weighted by atomic mass is 32.1. The second-order valence-electron chi connectivity index (χ2n) is 4.00. The van der Waals surface area contributed by atoms with Gasteiger partial charge in [-0.05, 0) is 57.1 Å². The molecule has 0 fully saturated rings. The van der Waals surface area contributed by atoms with E-state index in [9.17, 15) is 0 Å². The van der Waals surface area contributed by atoms with Crippen LogP contribution in [0.5, 0.6) is 0 Å². The molecular weight excluding hydrogens is 218 g/mol. The first-order chi connectivity index (χ1) is 7.47. The van der Waals surface area contributed by atoms with Crippen molar-refractivity contribution in [3.63, 3.8) is 0 Å². The molecule has 0 saturated carbocycles. The van der Waals surface area contributed by atoms with Crippen molar-refractivity contribution in [3.05, 3.63) is 34.4 Å². The second kappa shape index (κ2) is 5.09. The molecule has 1 rings (SSSR count). The number of nitrogens with zero attached hydrogens (tertiary/aromatic N) is 1. The van der Waals surface area contributed by atoms with E-state index >= 15 is 0 Å². The zero-order valence-electron chi connectivity index (χ0n) is 10.00. The highest BCUT2D eigenvalue weighted by Gasteiger charge is 2.13. The van der Waals surface area contributed by atoms with Crippen molar-refractivity contribution in [1.82, 2.24) is 0 Å². The smallest absolute Gasteiger partial charge is 0.191 e. The minimum atomic E-state index is 0.0528. The molecule has 0 aromatic heterocycles. The zero-order valence-corrected chi connectivity index (χ0v) is 10.8. The SMILES string of the molecule is Cc1ccc(C#N)c(C)c1C(=S)OC(C)C. The first-order valence-electron chi connectivity index (χ1n) is 5.18. The summed E-state index contributed by atoms with van der Waals surface area (Å²) < 4.78 is 5.52. The van der Waals surface area contributed by atoms with E-state index in [-0.39, 0.29) is 6.10 Å². The van der Waals surface area contributed by atoms with Crippen LogP contribution in [0, 0.1) is 25.2 Å². The fourth-order valence-corrected chi connectivity index (χ4v) is 2.06. The lowest BCUT2D eigenvalue weighted by molar-refractivity contribution is 0.236. The van der Waals surface area contributed by atoms with E-state index < -0.39 is 0 Å². The normalized spacial score (nSPS) is 10.0. The molecule has 0 unspecified atom stereocenters. The molecule has 0 saturated heterocycles. The summed E-state index contributed by atoms with van der Waals surface area (Å²) in [5.41, 5.74) is 3.47. The Balaban J connectivity index is 3.23. The topological polar surface area (TPSA) is 33.0 Å².